The lowest BCUT2D eigenvalue weighted by atomic mass is 10.1. The summed E-state index contributed by atoms with van der Waals surface area (Å²) in [6.45, 7) is 4.96. The van der Waals surface area contributed by atoms with Crippen LogP contribution >= 0.6 is 0 Å². The van der Waals surface area contributed by atoms with Gasteiger partial charge in [0.1, 0.15) is 0 Å². The van der Waals surface area contributed by atoms with E-state index in [1.165, 1.54) is 17.2 Å². The van der Waals surface area contributed by atoms with E-state index in [1.807, 2.05) is 38.2 Å². The number of sulfonamides is 1. The van der Waals surface area contributed by atoms with Crippen molar-refractivity contribution in [2.75, 3.05) is 12.8 Å². The van der Waals surface area contributed by atoms with Crippen molar-refractivity contribution in [2.45, 2.75) is 25.9 Å². The Morgan fingerprint density at radius 1 is 1.25 bits per heavy atom. The molecule has 1 aromatic carbocycles. The van der Waals surface area contributed by atoms with Crippen molar-refractivity contribution in [3.63, 3.8) is 0 Å². The van der Waals surface area contributed by atoms with Crippen LogP contribution in [0.1, 0.15) is 19.4 Å². The Morgan fingerprint density at radius 2 is 1.95 bits per heavy atom. The van der Waals surface area contributed by atoms with Crippen LogP contribution in [-0.2, 0) is 16.6 Å². The Bertz CT molecular complexity index is 689. The third kappa shape index (κ3) is 4.06. The first-order chi connectivity index (χ1) is 9.27. The van der Waals surface area contributed by atoms with Gasteiger partial charge in [0.15, 0.2) is 0 Å². The number of aromatic nitrogens is 1. The quantitative estimate of drug-likeness (QED) is 0.757. The minimum Gasteiger partial charge on any atom is -0.361 e. The number of benzene rings is 1. The van der Waals surface area contributed by atoms with Gasteiger partial charge in [-0.15, -0.1) is 0 Å². The zero-order valence-corrected chi connectivity index (χ0v) is 12.8. The van der Waals surface area contributed by atoms with Crippen LogP contribution in [0.25, 0.3) is 10.9 Å². The van der Waals surface area contributed by atoms with Crippen LogP contribution in [-0.4, -0.2) is 31.7 Å². The molecule has 0 saturated carbocycles. The molecule has 2 rings (SSSR count). The Balaban J connectivity index is 1.96. The third-order valence-electron chi connectivity index (χ3n) is 3.02. The summed E-state index contributed by atoms with van der Waals surface area (Å²) in [5.74, 6) is 0. The summed E-state index contributed by atoms with van der Waals surface area (Å²) >= 11 is 0. The van der Waals surface area contributed by atoms with E-state index in [0.29, 0.717) is 13.1 Å². The summed E-state index contributed by atoms with van der Waals surface area (Å²) in [7, 11) is -3.20. The maximum Gasteiger partial charge on any atom is 0.209 e. The van der Waals surface area contributed by atoms with E-state index >= 15 is 0 Å². The average molecular weight is 295 g/mol. The van der Waals surface area contributed by atoms with Gasteiger partial charge in [0.05, 0.1) is 6.26 Å². The third-order valence-corrected chi connectivity index (χ3v) is 3.94. The zero-order valence-electron chi connectivity index (χ0n) is 12.0. The topological polar surface area (TPSA) is 74.0 Å². The van der Waals surface area contributed by atoms with E-state index in [4.69, 9.17) is 0 Å². The molecular formula is C14H21N3O2S. The van der Waals surface area contributed by atoms with Gasteiger partial charge in [-0.05, 0) is 25.5 Å². The molecule has 3 N–H and O–H groups in total. The number of nitrogens with one attached hydrogen (secondary N) is 3. The number of H-pyrrole nitrogens is 1. The van der Waals surface area contributed by atoms with E-state index in [9.17, 15) is 8.42 Å². The second kappa shape index (κ2) is 5.55. The molecule has 1 aromatic heterocycles. The standard InChI is InChI=1S/C14H21N3O2S/c1-14(2,17-20(3,18)19)10-15-8-11-9-16-13-7-5-4-6-12(11)13/h4-7,9,15-17H,8,10H2,1-3H3. The smallest absolute Gasteiger partial charge is 0.209 e. The summed E-state index contributed by atoms with van der Waals surface area (Å²) in [6.07, 6.45) is 3.16. The van der Waals surface area contributed by atoms with Gasteiger partial charge in [-0.25, -0.2) is 13.1 Å². The molecule has 0 aliphatic heterocycles. The van der Waals surface area contributed by atoms with Crippen molar-refractivity contribution in [3.05, 3.63) is 36.0 Å². The molecule has 0 bridgehead atoms. The second-order valence-corrected chi connectivity index (χ2v) is 7.47. The lowest BCUT2D eigenvalue weighted by Gasteiger charge is -2.25. The van der Waals surface area contributed by atoms with E-state index in [1.54, 1.807) is 0 Å². The van der Waals surface area contributed by atoms with Crippen molar-refractivity contribution in [1.82, 2.24) is 15.0 Å². The fourth-order valence-corrected chi connectivity index (χ4v) is 3.40. The van der Waals surface area contributed by atoms with Crippen molar-refractivity contribution in [2.24, 2.45) is 0 Å². The van der Waals surface area contributed by atoms with Gasteiger partial charge in [0, 0.05) is 35.7 Å². The van der Waals surface area contributed by atoms with Gasteiger partial charge in [-0.2, -0.15) is 0 Å². The molecule has 110 valence electrons. The number of fused-ring (bicyclic) bond motifs is 1. The molecule has 0 aliphatic rings. The predicted octanol–water partition coefficient (Wildman–Crippen LogP) is 1.59. The second-order valence-electron chi connectivity index (χ2n) is 5.72. The van der Waals surface area contributed by atoms with E-state index in [0.717, 1.165) is 5.52 Å². The lowest BCUT2D eigenvalue weighted by Crippen LogP contribution is -2.49. The van der Waals surface area contributed by atoms with Gasteiger partial charge in [-0.1, -0.05) is 18.2 Å². The summed E-state index contributed by atoms with van der Waals surface area (Å²) in [6, 6.07) is 8.11. The van der Waals surface area contributed by atoms with Crippen LogP contribution in [0.5, 0.6) is 0 Å². The Morgan fingerprint density at radius 3 is 2.65 bits per heavy atom. The number of aromatic amines is 1. The molecule has 5 nitrogen and oxygen atoms in total. The highest BCUT2D eigenvalue weighted by atomic mass is 32.2. The van der Waals surface area contributed by atoms with Crippen molar-refractivity contribution < 1.29 is 8.42 Å². The van der Waals surface area contributed by atoms with Gasteiger partial charge < -0.3 is 10.3 Å². The maximum atomic E-state index is 11.3. The van der Waals surface area contributed by atoms with Crippen molar-refractivity contribution in [1.29, 1.82) is 0 Å². The Kier molecular flexibility index (Phi) is 4.17. The molecule has 0 fully saturated rings. The molecule has 0 aliphatic carbocycles. The average Bonchev–Trinajstić information content (AvgIpc) is 2.69. The van der Waals surface area contributed by atoms with Crippen LogP contribution in [0, 0.1) is 0 Å². The van der Waals surface area contributed by atoms with Gasteiger partial charge in [-0.3, -0.25) is 0 Å². The lowest BCUT2D eigenvalue weighted by molar-refractivity contribution is 0.421. The normalized spacial score (nSPS) is 12.9. The fourth-order valence-electron chi connectivity index (χ4n) is 2.33. The molecule has 2 aromatic rings. The minimum absolute atomic E-state index is 0.514. The summed E-state index contributed by atoms with van der Waals surface area (Å²) in [4.78, 5) is 3.22. The summed E-state index contributed by atoms with van der Waals surface area (Å²) in [5, 5.41) is 4.48. The number of hydrogen-bond donors (Lipinski definition) is 3. The molecule has 0 amide bonds. The molecule has 0 unspecified atom stereocenters. The molecule has 0 atom stereocenters. The van der Waals surface area contributed by atoms with Gasteiger partial charge in [0.2, 0.25) is 10.0 Å². The first-order valence-corrected chi connectivity index (χ1v) is 8.41. The Hall–Kier alpha value is -1.37. The maximum absolute atomic E-state index is 11.3. The van der Waals surface area contributed by atoms with Gasteiger partial charge in [0.25, 0.3) is 0 Å². The highest BCUT2D eigenvalue weighted by Crippen LogP contribution is 2.17. The molecule has 0 radical (unpaired) electrons. The van der Waals surface area contributed by atoms with Crippen LogP contribution in [0.2, 0.25) is 0 Å². The molecular weight excluding hydrogens is 274 g/mol. The summed E-state index contributed by atoms with van der Waals surface area (Å²) in [5.41, 5.74) is 1.77. The SMILES string of the molecule is CC(C)(CNCc1c[nH]c2ccccc12)NS(C)(=O)=O. The van der Waals surface area contributed by atoms with E-state index in [-0.39, 0.29) is 0 Å². The van der Waals surface area contributed by atoms with E-state index < -0.39 is 15.6 Å². The number of para-hydroxylation sites is 1. The largest absolute Gasteiger partial charge is 0.361 e. The molecule has 6 heteroatoms. The highest BCUT2D eigenvalue weighted by Gasteiger charge is 2.21. The first-order valence-electron chi connectivity index (χ1n) is 6.51. The van der Waals surface area contributed by atoms with Crippen LogP contribution < -0.4 is 10.0 Å². The number of hydrogen-bond acceptors (Lipinski definition) is 3. The zero-order chi connectivity index (χ0) is 14.8. The molecule has 20 heavy (non-hydrogen) atoms. The molecule has 0 spiro atoms. The van der Waals surface area contributed by atoms with E-state index in [2.05, 4.69) is 21.1 Å². The van der Waals surface area contributed by atoms with Crippen LogP contribution in [0.15, 0.2) is 30.5 Å². The van der Waals surface area contributed by atoms with Crippen molar-refractivity contribution >= 4 is 20.9 Å². The monoisotopic (exact) mass is 295 g/mol. The minimum atomic E-state index is -3.20. The van der Waals surface area contributed by atoms with Crippen LogP contribution in [0.4, 0.5) is 0 Å². The van der Waals surface area contributed by atoms with Crippen LogP contribution in [0.3, 0.4) is 0 Å². The predicted molar refractivity (Wildman–Crippen MR) is 82.1 cm³/mol. The number of rotatable bonds is 6. The highest BCUT2D eigenvalue weighted by molar-refractivity contribution is 7.88. The molecule has 0 saturated heterocycles. The summed E-state index contributed by atoms with van der Waals surface area (Å²) < 4.78 is 25.2. The first kappa shape index (κ1) is 15.0. The Labute approximate surface area is 119 Å². The fraction of sp³-hybridized carbons (Fsp3) is 0.429. The van der Waals surface area contributed by atoms with Crippen molar-refractivity contribution in [3.8, 4) is 0 Å². The van der Waals surface area contributed by atoms with Gasteiger partial charge >= 0.3 is 0 Å². The molecule has 1 heterocycles.